The molecule has 0 spiro atoms. The summed E-state index contributed by atoms with van der Waals surface area (Å²) in [5.74, 6) is -2.51. The van der Waals surface area contributed by atoms with E-state index in [1.54, 1.807) is 6.20 Å². The molecule has 1 aromatic heterocycles. The van der Waals surface area contributed by atoms with Gasteiger partial charge >= 0.3 is 5.97 Å². The number of nitrogens with one attached hydrogen (secondary N) is 5. The summed E-state index contributed by atoms with van der Waals surface area (Å²) in [7, 11) is 0. The number of H-pyrrole nitrogens is 1. The fraction of sp³-hybridized carbons (Fsp3) is 0.571. The van der Waals surface area contributed by atoms with Crippen molar-refractivity contribution >= 4 is 34.6 Å². The van der Waals surface area contributed by atoms with Gasteiger partial charge in [0.15, 0.2) is 0 Å². The SMILES string of the molecule is NCCCCC(NC(=O)C(CCCCN)NC(=O)C1CCCN1)C(=O)NC(Cc1c[nH]c2ccccc12)C(=O)O. The number of hydrogen-bond acceptors (Lipinski definition) is 7. The number of amides is 3. The highest BCUT2D eigenvalue weighted by atomic mass is 16.4. The van der Waals surface area contributed by atoms with Crippen LogP contribution in [0.25, 0.3) is 10.9 Å². The molecule has 1 aromatic carbocycles. The molecule has 0 saturated carbocycles. The minimum atomic E-state index is -1.20. The lowest BCUT2D eigenvalue weighted by molar-refractivity contribution is -0.142. The van der Waals surface area contributed by atoms with Crippen LogP contribution in [0.2, 0.25) is 0 Å². The second-order valence-electron chi connectivity index (χ2n) is 10.3. The molecule has 1 aliphatic heterocycles. The highest BCUT2D eigenvalue weighted by molar-refractivity contribution is 5.94. The van der Waals surface area contributed by atoms with E-state index in [1.807, 2.05) is 24.3 Å². The molecule has 0 bridgehead atoms. The van der Waals surface area contributed by atoms with Crippen molar-refractivity contribution in [2.24, 2.45) is 11.5 Å². The van der Waals surface area contributed by atoms with Crippen LogP contribution in [0, 0.1) is 0 Å². The number of aromatic amines is 1. The third-order valence-corrected chi connectivity index (χ3v) is 7.25. The van der Waals surface area contributed by atoms with E-state index < -0.39 is 35.9 Å². The summed E-state index contributed by atoms with van der Waals surface area (Å²) >= 11 is 0. The first kappa shape index (κ1) is 31.1. The lowest BCUT2D eigenvalue weighted by Crippen LogP contribution is -2.57. The molecule has 1 fully saturated rings. The Balaban J connectivity index is 1.71. The quantitative estimate of drug-likeness (QED) is 0.126. The number of rotatable bonds is 17. The molecule has 4 atom stereocenters. The van der Waals surface area contributed by atoms with E-state index in [9.17, 15) is 24.3 Å². The zero-order valence-corrected chi connectivity index (χ0v) is 22.9. The summed E-state index contributed by atoms with van der Waals surface area (Å²) < 4.78 is 0. The molecule has 3 rings (SSSR count). The standard InChI is InChI=1S/C28H43N7O5/c29-13-5-3-10-22(33-25(36)21-12-7-15-31-21)26(37)34-23(11-4-6-14-30)27(38)35-24(28(39)40)16-18-17-32-20-9-2-1-8-19(18)20/h1-2,8-9,17,21-24,31-32H,3-7,10-16,29-30H2,(H,33,36)(H,34,37)(H,35,38)(H,39,40). The molecule has 3 amide bonds. The number of carboxylic acids is 1. The number of hydrogen-bond donors (Lipinski definition) is 8. The van der Waals surface area contributed by atoms with Gasteiger partial charge in [0.25, 0.3) is 0 Å². The van der Waals surface area contributed by atoms with Gasteiger partial charge in [-0.15, -0.1) is 0 Å². The Bertz CT molecular complexity index is 1130. The van der Waals surface area contributed by atoms with Gasteiger partial charge in [0.05, 0.1) is 6.04 Å². The second kappa shape index (κ2) is 15.9. The number of para-hydroxylation sites is 1. The summed E-state index contributed by atoms with van der Waals surface area (Å²) in [5.41, 5.74) is 12.9. The van der Waals surface area contributed by atoms with Gasteiger partial charge in [0.2, 0.25) is 17.7 Å². The molecule has 0 aliphatic carbocycles. The fourth-order valence-corrected chi connectivity index (χ4v) is 4.97. The van der Waals surface area contributed by atoms with E-state index in [-0.39, 0.29) is 24.8 Å². The first-order chi connectivity index (χ1) is 19.3. The highest BCUT2D eigenvalue weighted by Crippen LogP contribution is 2.19. The molecule has 10 N–H and O–H groups in total. The number of nitrogens with two attached hydrogens (primary N) is 2. The van der Waals surface area contributed by atoms with Crippen molar-refractivity contribution in [3.8, 4) is 0 Å². The molecule has 40 heavy (non-hydrogen) atoms. The fourth-order valence-electron chi connectivity index (χ4n) is 4.97. The van der Waals surface area contributed by atoms with Gasteiger partial charge in [-0.3, -0.25) is 14.4 Å². The van der Waals surface area contributed by atoms with E-state index in [2.05, 4.69) is 26.3 Å². The topological polar surface area (TPSA) is 204 Å². The van der Waals surface area contributed by atoms with Crippen molar-refractivity contribution in [2.75, 3.05) is 19.6 Å². The van der Waals surface area contributed by atoms with E-state index in [0.717, 1.165) is 29.4 Å². The zero-order chi connectivity index (χ0) is 28.9. The van der Waals surface area contributed by atoms with Crippen LogP contribution in [0.1, 0.15) is 56.9 Å². The summed E-state index contributed by atoms with van der Waals surface area (Å²) in [6.07, 6.45) is 6.56. The van der Waals surface area contributed by atoms with Crippen molar-refractivity contribution in [1.29, 1.82) is 0 Å². The number of carboxylic acid groups (broad SMARTS) is 1. The van der Waals surface area contributed by atoms with Gasteiger partial charge in [0, 0.05) is 23.5 Å². The summed E-state index contributed by atoms with van der Waals surface area (Å²) in [6.45, 7) is 1.63. The smallest absolute Gasteiger partial charge is 0.326 e. The molecule has 4 unspecified atom stereocenters. The predicted molar refractivity (Wildman–Crippen MR) is 152 cm³/mol. The molecule has 12 nitrogen and oxygen atoms in total. The van der Waals surface area contributed by atoms with Crippen LogP contribution in [0.3, 0.4) is 0 Å². The van der Waals surface area contributed by atoms with Crippen molar-refractivity contribution in [1.82, 2.24) is 26.3 Å². The van der Waals surface area contributed by atoms with Gasteiger partial charge in [-0.25, -0.2) is 4.79 Å². The van der Waals surface area contributed by atoms with Crippen LogP contribution < -0.4 is 32.7 Å². The van der Waals surface area contributed by atoms with Gasteiger partial charge in [-0.1, -0.05) is 18.2 Å². The number of carbonyl (C=O) groups excluding carboxylic acids is 3. The van der Waals surface area contributed by atoms with E-state index in [1.165, 1.54) is 0 Å². The average Bonchev–Trinajstić information content (AvgIpc) is 3.62. The van der Waals surface area contributed by atoms with Crippen LogP contribution in [-0.2, 0) is 25.6 Å². The molecule has 220 valence electrons. The Morgan fingerprint density at radius 2 is 1.52 bits per heavy atom. The lowest BCUT2D eigenvalue weighted by atomic mass is 10.0. The van der Waals surface area contributed by atoms with Crippen molar-refractivity contribution < 1.29 is 24.3 Å². The molecule has 0 radical (unpaired) electrons. The average molecular weight is 558 g/mol. The maximum absolute atomic E-state index is 13.4. The van der Waals surface area contributed by atoms with Gasteiger partial charge in [0.1, 0.15) is 18.1 Å². The monoisotopic (exact) mass is 557 g/mol. The predicted octanol–water partition coefficient (Wildman–Crippen LogP) is 0.259. The number of fused-ring (bicyclic) bond motifs is 1. The number of aliphatic carboxylic acids is 1. The maximum Gasteiger partial charge on any atom is 0.326 e. The van der Waals surface area contributed by atoms with E-state index in [0.29, 0.717) is 51.6 Å². The summed E-state index contributed by atoms with van der Waals surface area (Å²) in [6, 6.07) is 4.14. The van der Waals surface area contributed by atoms with Gasteiger partial charge in [-0.05, 0) is 82.6 Å². The normalized spacial score (nSPS) is 17.2. The number of benzene rings is 1. The van der Waals surface area contributed by atoms with Crippen LogP contribution in [0.5, 0.6) is 0 Å². The van der Waals surface area contributed by atoms with E-state index >= 15 is 0 Å². The highest BCUT2D eigenvalue weighted by Gasteiger charge is 2.31. The molecule has 12 heteroatoms. The Kier molecular flexibility index (Phi) is 12.4. The zero-order valence-electron chi connectivity index (χ0n) is 22.9. The summed E-state index contributed by atoms with van der Waals surface area (Å²) in [4.78, 5) is 54.7. The molecular formula is C28H43N7O5. The van der Waals surface area contributed by atoms with Crippen molar-refractivity contribution in [3.05, 3.63) is 36.0 Å². The maximum atomic E-state index is 13.4. The number of aromatic nitrogens is 1. The molecular weight excluding hydrogens is 514 g/mol. The number of unbranched alkanes of at least 4 members (excludes halogenated alkanes) is 2. The second-order valence-corrected chi connectivity index (χ2v) is 10.3. The molecule has 2 aromatic rings. The number of carbonyl (C=O) groups is 4. The van der Waals surface area contributed by atoms with Gasteiger partial charge in [-0.2, -0.15) is 0 Å². The Morgan fingerprint density at radius 1 is 0.900 bits per heavy atom. The van der Waals surface area contributed by atoms with Crippen LogP contribution in [0.4, 0.5) is 0 Å². The Labute approximate surface area is 234 Å². The third-order valence-electron chi connectivity index (χ3n) is 7.25. The van der Waals surface area contributed by atoms with E-state index in [4.69, 9.17) is 11.5 Å². The van der Waals surface area contributed by atoms with Crippen LogP contribution in [-0.4, -0.2) is 77.6 Å². The minimum Gasteiger partial charge on any atom is -0.480 e. The Morgan fingerprint density at radius 3 is 2.12 bits per heavy atom. The minimum absolute atomic E-state index is 0.0702. The van der Waals surface area contributed by atoms with Crippen molar-refractivity contribution in [2.45, 2.75) is 82.0 Å². The summed E-state index contributed by atoms with van der Waals surface area (Å²) in [5, 5.41) is 22.1. The van der Waals surface area contributed by atoms with Crippen LogP contribution >= 0.6 is 0 Å². The third kappa shape index (κ3) is 9.04. The van der Waals surface area contributed by atoms with Crippen molar-refractivity contribution in [3.63, 3.8) is 0 Å². The lowest BCUT2D eigenvalue weighted by Gasteiger charge is -2.25. The van der Waals surface area contributed by atoms with Gasteiger partial charge < -0.3 is 42.8 Å². The first-order valence-electron chi connectivity index (χ1n) is 14.2. The van der Waals surface area contributed by atoms with Crippen LogP contribution in [0.15, 0.2) is 30.5 Å². The molecule has 1 saturated heterocycles. The largest absolute Gasteiger partial charge is 0.480 e. The molecule has 2 heterocycles. The Hall–Kier alpha value is -3.48. The molecule has 1 aliphatic rings. The first-order valence-corrected chi connectivity index (χ1v) is 14.2.